The molecule has 2 nitrogen and oxygen atoms in total. The summed E-state index contributed by atoms with van der Waals surface area (Å²) in [5, 5.41) is 0. The Kier molecular flexibility index (Phi) is 13.0. The summed E-state index contributed by atoms with van der Waals surface area (Å²) in [5.74, 6) is 0. The van der Waals surface area contributed by atoms with Gasteiger partial charge in [0.1, 0.15) is 0 Å². The first-order valence-electron chi connectivity index (χ1n) is 17.2. The van der Waals surface area contributed by atoms with Crippen molar-refractivity contribution < 1.29 is 0 Å². The maximum absolute atomic E-state index is 6.12. The number of hydrogen-bond acceptors (Lipinski definition) is 2. The van der Waals surface area contributed by atoms with Crippen LogP contribution in [0.5, 0.6) is 0 Å². The van der Waals surface area contributed by atoms with Gasteiger partial charge < -0.3 is 11.5 Å². The maximum Gasteiger partial charge on any atom is 0.0373 e. The minimum Gasteiger partial charge on any atom is -0.398 e. The summed E-state index contributed by atoms with van der Waals surface area (Å²) in [7, 11) is 0. The molecule has 44 heavy (non-hydrogen) atoms. The molecule has 0 atom stereocenters. The number of anilines is 2. The van der Waals surface area contributed by atoms with E-state index in [1.165, 1.54) is 133 Å². The van der Waals surface area contributed by atoms with Crippen LogP contribution in [0.15, 0.2) is 72.8 Å². The summed E-state index contributed by atoms with van der Waals surface area (Å²) in [6.07, 6.45) is 18.0. The van der Waals surface area contributed by atoms with Crippen LogP contribution in [0.1, 0.15) is 120 Å². The number of nitrogen functional groups attached to an aromatic ring is 2. The molecule has 0 spiro atoms. The lowest BCUT2D eigenvalue weighted by Gasteiger charge is -2.10. The maximum atomic E-state index is 6.12. The lowest BCUT2D eigenvalue weighted by atomic mass is 9.97. The van der Waals surface area contributed by atoms with Crippen molar-refractivity contribution in [3.05, 3.63) is 128 Å². The molecule has 0 bridgehead atoms. The standard InChI is InChI=1S/C42H56N2/c1-31-25-39(26-32(2)41(31)43)29-37-21-17-35(18-22-37)15-13-11-9-7-5-6-8-10-12-14-16-36-19-23-38(24-20-36)30-40-27-33(3)42(44)34(4)28-40/h17-28H,5-16,29-30,43-44H2,1-4H3. The third-order valence-electron chi connectivity index (χ3n) is 9.35. The van der Waals surface area contributed by atoms with Gasteiger partial charge in [0.2, 0.25) is 0 Å². The van der Waals surface area contributed by atoms with Crippen molar-refractivity contribution in [2.75, 3.05) is 11.5 Å². The van der Waals surface area contributed by atoms with Crippen LogP contribution in [0.4, 0.5) is 11.4 Å². The number of nitrogens with two attached hydrogens (primary N) is 2. The van der Waals surface area contributed by atoms with E-state index in [2.05, 4.69) is 100 Å². The zero-order chi connectivity index (χ0) is 31.3. The van der Waals surface area contributed by atoms with E-state index in [4.69, 9.17) is 11.5 Å². The SMILES string of the molecule is Cc1cc(Cc2ccc(CCCCCCCCCCCCc3ccc(Cc4cc(C)c(N)c(C)c4)cc3)cc2)cc(C)c1N. The molecule has 0 unspecified atom stereocenters. The molecule has 4 aromatic carbocycles. The number of benzene rings is 4. The predicted molar refractivity (Wildman–Crippen MR) is 193 cm³/mol. The van der Waals surface area contributed by atoms with E-state index < -0.39 is 0 Å². The van der Waals surface area contributed by atoms with Gasteiger partial charge in [-0.2, -0.15) is 0 Å². The van der Waals surface area contributed by atoms with Crippen LogP contribution < -0.4 is 11.5 Å². The largest absolute Gasteiger partial charge is 0.398 e. The Morgan fingerprint density at radius 1 is 0.341 bits per heavy atom. The molecule has 0 amide bonds. The molecule has 4 rings (SSSR count). The first-order chi connectivity index (χ1) is 21.3. The lowest BCUT2D eigenvalue weighted by molar-refractivity contribution is 0.551. The van der Waals surface area contributed by atoms with Crippen molar-refractivity contribution in [2.24, 2.45) is 0 Å². The second kappa shape index (κ2) is 17.1. The molecule has 0 aromatic heterocycles. The molecule has 0 heterocycles. The Bertz CT molecular complexity index is 1290. The fourth-order valence-electron chi connectivity index (χ4n) is 6.52. The predicted octanol–water partition coefficient (Wildman–Crippen LogP) is 11.0. The number of hydrogen-bond donors (Lipinski definition) is 2. The normalized spacial score (nSPS) is 11.3. The Labute approximate surface area is 268 Å². The molecule has 0 radical (unpaired) electrons. The Balaban J connectivity index is 0.992. The number of unbranched alkanes of at least 4 members (excludes halogenated alkanes) is 9. The van der Waals surface area contributed by atoms with Crippen molar-refractivity contribution in [3.8, 4) is 0 Å². The second-order valence-electron chi connectivity index (χ2n) is 13.3. The lowest BCUT2D eigenvalue weighted by Crippen LogP contribution is -1.97. The van der Waals surface area contributed by atoms with Crippen molar-refractivity contribution in [3.63, 3.8) is 0 Å². The Morgan fingerprint density at radius 2 is 0.591 bits per heavy atom. The average molecular weight is 589 g/mol. The van der Waals surface area contributed by atoms with E-state index in [9.17, 15) is 0 Å². The molecule has 4 N–H and O–H groups in total. The molecular formula is C42H56N2. The highest BCUT2D eigenvalue weighted by Gasteiger charge is 2.05. The van der Waals surface area contributed by atoms with E-state index in [-0.39, 0.29) is 0 Å². The second-order valence-corrected chi connectivity index (χ2v) is 13.3. The van der Waals surface area contributed by atoms with E-state index in [1.54, 1.807) is 0 Å². The van der Waals surface area contributed by atoms with E-state index in [0.717, 1.165) is 24.2 Å². The van der Waals surface area contributed by atoms with Gasteiger partial charge in [-0.05, 0) is 122 Å². The summed E-state index contributed by atoms with van der Waals surface area (Å²) < 4.78 is 0. The van der Waals surface area contributed by atoms with Crippen LogP contribution in [-0.4, -0.2) is 0 Å². The van der Waals surface area contributed by atoms with Crippen molar-refractivity contribution in [2.45, 2.75) is 118 Å². The average Bonchev–Trinajstić information content (AvgIpc) is 3.00. The zero-order valence-corrected chi connectivity index (χ0v) is 28.0. The molecule has 0 saturated heterocycles. The molecule has 0 saturated carbocycles. The van der Waals surface area contributed by atoms with Gasteiger partial charge in [0.05, 0.1) is 0 Å². The molecule has 4 aromatic rings. The highest BCUT2D eigenvalue weighted by Crippen LogP contribution is 2.23. The Hall–Kier alpha value is -3.52. The van der Waals surface area contributed by atoms with Crippen LogP contribution >= 0.6 is 0 Å². The van der Waals surface area contributed by atoms with E-state index in [0.29, 0.717) is 0 Å². The highest BCUT2D eigenvalue weighted by molar-refractivity contribution is 5.55. The quantitative estimate of drug-likeness (QED) is 0.0952. The fourth-order valence-corrected chi connectivity index (χ4v) is 6.52. The van der Waals surface area contributed by atoms with E-state index in [1.807, 2.05) is 0 Å². The van der Waals surface area contributed by atoms with Gasteiger partial charge in [0, 0.05) is 11.4 Å². The fraction of sp³-hybridized carbons (Fsp3) is 0.429. The molecule has 2 heteroatoms. The summed E-state index contributed by atoms with van der Waals surface area (Å²) in [6.45, 7) is 8.40. The first-order valence-corrected chi connectivity index (χ1v) is 17.2. The van der Waals surface area contributed by atoms with Crippen LogP contribution in [-0.2, 0) is 25.7 Å². The van der Waals surface area contributed by atoms with Gasteiger partial charge in [0.15, 0.2) is 0 Å². The monoisotopic (exact) mass is 588 g/mol. The molecular weight excluding hydrogens is 532 g/mol. The molecule has 0 fully saturated rings. The summed E-state index contributed by atoms with van der Waals surface area (Å²) in [5.41, 5.74) is 27.2. The highest BCUT2D eigenvalue weighted by atomic mass is 14.6. The molecule has 0 aliphatic rings. The van der Waals surface area contributed by atoms with Crippen molar-refractivity contribution in [1.29, 1.82) is 0 Å². The Morgan fingerprint density at radius 3 is 0.886 bits per heavy atom. The number of aryl methyl sites for hydroxylation is 6. The first kappa shape index (κ1) is 33.4. The zero-order valence-electron chi connectivity index (χ0n) is 28.0. The van der Waals surface area contributed by atoms with Crippen LogP contribution in [0.3, 0.4) is 0 Å². The summed E-state index contributed by atoms with van der Waals surface area (Å²) in [4.78, 5) is 0. The van der Waals surface area contributed by atoms with Gasteiger partial charge >= 0.3 is 0 Å². The minimum atomic E-state index is 0.921. The molecule has 0 aliphatic heterocycles. The smallest absolute Gasteiger partial charge is 0.0373 e. The molecule has 0 aliphatic carbocycles. The van der Waals surface area contributed by atoms with E-state index >= 15 is 0 Å². The van der Waals surface area contributed by atoms with Crippen LogP contribution in [0.2, 0.25) is 0 Å². The van der Waals surface area contributed by atoms with Crippen LogP contribution in [0.25, 0.3) is 0 Å². The number of rotatable bonds is 17. The van der Waals surface area contributed by atoms with Gasteiger partial charge in [-0.3, -0.25) is 0 Å². The van der Waals surface area contributed by atoms with Crippen LogP contribution in [0, 0.1) is 27.7 Å². The van der Waals surface area contributed by atoms with Gasteiger partial charge in [-0.1, -0.05) is 124 Å². The minimum absolute atomic E-state index is 0.921. The third-order valence-corrected chi connectivity index (χ3v) is 9.35. The van der Waals surface area contributed by atoms with Crippen molar-refractivity contribution >= 4 is 11.4 Å². The van der Waals surface area contributed by atoms with Gasteiger partial charge in [0.25, 0.3) is 0 Å². The summed E-state index contributed by atoms with van der Waals surface area (Å²) >= 11 is 0. The summed E-state index contributed by atoms with van der Waals surface area (Å²) in [6, 6.07) is 27.4. The van der Waals surface area contributed by atoms with Crippen molar-refractivity contribution in [1.82, 2.24) is 0 Å². The topological polar surface area (TPSA) is 52.0 Å². The molecule has 234 valence electrons. The van der Waals surface area contributed by atoms with Gasteiger partial charge in [-0.25, -0.2) is 0 Å². The van der Waals surface area contributed by atoms with Gasteiger partial charge in [-0.15, -0.1) is 0 Å². The third kappa shape index (κ3) is 10.6.